The number of carbonyl (C=O) groups excluding carboxylic acids is 1. The van der Waals surface area contributed by atoms with Crippen molar-refractivity contribution in [2.45, 2.75) is 26.2 Å². The Labute approximate surface area is 91.5 Å². The van der Waals surface area contributed by atoms with Crippen molar-refractivity contribution in [3.63, 3.8) is 0 Å². The van der Waals surface area contributed by atoms with Crippen LogP contribution in [0.3, 0.4) is 0 Å². The van der Waals surface area contributed by atoms with E-state index in [0.717, 1.165) is 12.8 Å². The van der Waals surface area contributed by atoms with E-state index in [9.17, 15) is 9.18 Å². The highest BCUT2D eigenvalue weighted by molar-refractivity contribution is 9.10. The van der Waals surface area contributed by atoms with Gasteiger partial charge < -0.3 is 0 Å². The average molecular weight is 259 g/mol. The van der Waals surface area contributed by atoms with Gasteiger partial charge in [-0.3, -0.25) is 4.79 Å². The molecular weight excluding hydrogens is 247 g/mol. The fourth-order valence-corrected chi connectivity index (χ4v) is 1.65. The molecule has 0 amide bonds. The van der Waals surface area contributed by atoms with E-state index in [-0.39, 0.29) is 11.6 Å². The number of unbranched alkanes of at least 4 members (excludes halogenated alkanes) is 1. The van der Waals surface area contributed by atoms with Crippen LogP contribution in [0.1, 0.15) is 36.5 Å². The summed E-state index contributed by atoms with van der Waals surface area (Å²) in [6, 6.07) is 4.18. The predicted octanol–water partition coefficient (Wildman–Crippen LogP) is 3.96. The molecule has 0 aliphatic carbocycles. The molecule has 0 atom stereocenters. The van der Waals surface area contributed by atoms with E-state index in [1.54, 1.807) is 6.07 Å². The van der Waals surface area contributed by atoms with Crippen molar-refractivity contribution in [2.24, 2.45) is 0 Å². The molecule has 0 fully saturated rings. The molecule has 0 aliphatic rings. The number of hydrogen-bond acceptors (Lipinski definition) is 1. The maximum Gasteiger partial charge on any atom is 0.164 e. The number of Topliss-reactive ketones (excluding diaryl/α,β-unsaturated/α-hetero) is 1. The zero-order valence-electron chi connectivity index (χ0n) is 8.02. The Morgan fingerprint density at radius 2 is 2.21 bits per heavy atom. The molecule has 1 aromatic rings. The molecular formula is C11H12BrFO. The molecule has 0 aliphatic heterocycles. The number of benzene rings is 1. The minimum atomic E-state index is -0.368. The van der Waals surface area contributed by atoms with Crippen LogP contribution < -0.4 is 0 Å². The van der Waals surface area contributed by atoms with Crippen LogP contribution in [-0.4, -0.2) is 5.78 Å². The minimum absolute atomic E-state index is 0.00164. The van der Waals surface area contributed by atoms with Gasteiger partial charge in [-0.05, 0) is 24.6 Å². The fourth-order valence-electron chi connectivity index (χ4n) is 1.18. The summed E-state index contributed by atoms with van der Waals surface area (Å²) in [5.74, 6) is -0.369. The lowest BCUT2D eigenvalue weighted by Gasteiger charge is -2.02. The Hall–Kier alpha value is -0.700. The zero-order chi connectivity index (χ0) is 10.6. The molecule has 0 saturated heterocycles. The van der Waals surface area contributed by atoms with Gasteiger partial charge >= 0.3 is 0 Å². The molecule has 1 aromatic carbocycles. The van der Waals surface area contributed by atoms with Crippen LogP contribution in [0.15, 0.2) is 22.7 Å². The third-order valence-corrected chi connectivity index (χ3v) is 2.68. The van der Waals surface area contributed by atoms with Gasteiger partial charge in [-0.1, -0.05) is 29.3 Å². The topological polar surface area (TPSA) is 17.1 Å². The van der Waals surface area contributed by atoms with Gasteiger partial charge in [0.25, 0.3) is 0 Å². The lowest BCUT2D eigenvalue weighted by atomic mass is 10.1. The molecule has 3 heteroatoms. The van der Waals surface area contributed by atoms with Gasteiger partial charge in [0.05, 0.1) is 0 Å². The number of halogens is 2. The highest BCUT2D eigenvalue weighted by Crippen LogP contribution is 2.20. The first-order valence-corrected chi connectivity index (χ1v) is 5.42. The number of rotatable bonds is 4. The van der Waals surface area contributed by atoms with E-state index >= 15 is 0 Å². The SMILES string of the molecule is CCCCC(=O)c1cc(F)ccc1Br. The van der Waals surface area contributed by atoms with E-state index in [1.165, 1.54) is 12.1 Å². The fraction of sp³-hybridized carbons (Fsp3) is 0.364. The molecule has 0 spiro atoms. The molecule has 0 radical (unpaired) electrons. The van der Waals surface area contributed by atoms with Gasteiger partial charge in [0.1, 0.15) is 5.82 Å². The lowest BCUT2D eigenvalue weighted by molar-refractivity contribution is 0.0978. The van der Waals surface area contributed by atoms with Gasteiger partial charge in [0.15, 0.2) is 5.78 Å². The maximum absolute atomic E-state index is 12.9. The summed E-state index contributed by atoms with van der Waals surface area (Å²) < 4.78 is 13.5. The first-order chi connectivity index (χ1) is 6.65. The van der Waals surface area contributed by atoms with Crippen molar-refractivity contribution >= 4 is 21.7 Å². The standard InChI is InChI=1S/C11H12BrFO/c1-2-3-4-11(14)9-7-8(13)5-6-10(9)12/h5-7H,2-4H2,1H3. The second-order valence-corrected chi connectivity index (χ2v) is 4.01. The van der Waals surface area contributed by atoms with Crippen LogP contribution in [0, 0.1) is 5.82 Å². The highest BCUT2D eigenvalue weighted by Gasteiger charge is 2.10. The normalized spacial score (nSPS) is 10.2. The van der Waals surface area contributed by atoms with Gasteiger partial charge in [0, 0.05) is 16.5 Å². The van der Waals surface area contributed by atoms with Gasteiger partial charge in [-0.15, -0.1) is 0 Å². The third-order valence-electron chi connectivity index (χ3n) is 1.99. The first kappa shape index (κ1) is 11.4. The van der Waals surface area contributed by atoms with Crippen LogP contribution >= 0.6 is 15.9 Å². The van der Waals surface area contributed by atoms with E-state index in [2.05, 4.69) is 15.9 Å². The summed E-state index contributed by atoms with van der Waals surface area (Å²) >= 11 is 3.24. The quantitative estimate of drug-likeness (QED) is 0.748. The van der Waals surface area contributed by atoms with E-state index in [0.29, 0.717) is 16.5 Å². The minimum Gasteiger partial charge on any atom is -0.294 e. The number of ketones is 1. The van der Waals surface area contributed by atoms with E-state index < -0.39 is 0 Å². The van der Waals surface area contributed by atoms with Crippen LogP contribution in [0.25, 0.3) is 0 Å². The lowest BCUT2D eigenvalue weighted by Crippen LogP contribution is -2.00. The second kappa shape index (κ2) is 5.25. The van der Waals surface area contributed by atoms with Crippen LogP contribution in [0.5, 0.6) is 0 Å². The Morgan fingerprint density at radius 1 is 1.50 bits per heavy atom. The maximum atomic E-state index is 12.9. The average Bonchev–Trinajstić information content (AvgIpc) is 2.18. The second-order valence-electron chi connectivity index (χ2n) is 3.15. The van der Waals surface area contributed by atoms with Crippen LogP contribution in [-0.2, 0) is 0 Å². The summed E-state index contributed by atoms with van der Waals surface area (Å²) in [6.07, 6.45) is 2.30. The van der Waals surface area contributed by atoms with E-state index in [1.807, 2.05) is 6.92 Å². The van der Waals surface area contributed by atoms with Gasteiger partial charge in [-0.2, -0.15) is 0 Å². The largest absolute Gasteiger partial charge is 0.294 e. The molecule has 0 heterocycles. The summed E-state index contributed by atoms with van der Waals surface area (Å²) in [6.45, 7) is 2.02. The van der Waals surface area contributed by atoms with Crippen LogP contribution in [0.2, 0.25) is 0 Å². The Morgan fingerprint density at radius 3 is 2.86 bits per heavy atom. The van der Waals surface area contributed by atoms with Gasteiger partial charge in [0.2, 0.25) is 0 Å². The molecule has 14 heavy (non-hydrogen) atoms. The summed E-state index contributed by atoms with van der Waals surface area (Å²) in [4.78, 5) is 11.6. The van der Waals surface area contributed by atoms with Crippen molar-refractivity contribution in [2.75, 3.05) is 0 Å². The molecule has 0 aromatic heterocycles. The molecule has 0 N–H and O–H groups in total. The third kappa shape index (κ3) is 2.91. The van der Waals surface area contributed by atoms with E-state index in [4.69, 9.17) is 0 Å². The summed E-state index contributed by atoms with van der Waals surface area (Å²) in [5, 5.41) is 0. The summed E-state index contributed by atoms with van der Waals surface area (Å²) in [7, 11) is 0. The Balaban J connectivity index is 2.83. The van der Waals surface area contributed by atoms with Crippen molar-refractivity contribution in [3.05, 3.63) is 34.1 Å². The molecule has 0 saturated carbocycles. The Bertz CT molecular complexity index is 336. The number of hydrogen-bond donors (Lipinski definition) is 0. The smallest absolute Gasteiger partial charge is 0.164 e. The molecule has 0 unspecified atom stereocenters. The molecule has 0 bridgehead atoms. The van der Waals surface area contributed by atoms with Crippen molar-refractivity contribution in [3.8, 4) is 0 Å². The first-order valence-electron chi connectivity index (χ1n) is 4.63. The molecule has 1 rings (SSSR count). The predicted molar refractivity (Wildman–Crippen MR) is 58.0 cm³/mol. The van der Waals surface area contributed by atoms with Crippen LogP contribution in [0.4, 0.5) is 4.39 Å². The highest BCUT2D eigenvalue weighted by atomic mass is 79.9. The van der Waals surface area contributed by atoms with Gasteiger partial charge in [-0.25, -0.2) is 4.39 Å². The Kier molecular flexibility index (Phi) is 4.26. The van der Waals surface area contributed by atoms with Crippen molar-refractivity contribution in [1.82, 2.24) is 0 Å². The molecule has 76 valence electrons. The van der Waals surface area contributed by atoms with Crippen molar-refractivity contribution in [1.29, 1.82) is 0 Å². The zero-order valence-corrected chi connectivity index (χ0v) is 9.60. The monoisotopic (exact) mass is 258 g/mol. The van der Waals surface area contributed by atoms with Crippen molar-refractivity contribution < 1.29 is 9.18 Å². The molecule has 1 nitrogen and oxygen atoms in total. The number of carbonyl (C=O) groups is 1. The summed E-state index contributed by atoms with van der Waals surface area (Å²) in [5.41, 5.74) is 0.443.